The van der Waals surface area contributed by atoms with Crippen molar-refractivity contribution in [1.29, 1.82) is 0 Å². The van der Waals surface area contributed by atoms with Gasteiger partial charge in [0.05, 0.1) is 5.69 Å². The van der Waals surface area contributed by atoms with Gasteiger partial charge in [0.1, 0.15) is 0 Å². The van der Waals surface area contributed by atoms with E-state index in [1.807, 2.05) is 13.8 Å². The fraction of sp³-hybridized carbons (Fsp3) is 0.250. The van der Waals surface area contributed by atoms with E-state index in [-0.39, 0.29) is 11.8 Å². The first-order valence-electron chi connectivity index (χ1n) is 6.64. The number of allylic oxidation sites excluding steroid dienone is 2. The van der Waals surface area contributed by atoms with E-state index < -0.39 is 0 Å². The first kappa shape index (κ1) is 14.4. The molecule has 1 aliphatic carbocycles. The van der Waals surface area contributed by atoms with E-state index in [0.29, 0.717) is 28.6 Å². The van der Waals surface area contributed by atoms with Crippen LogP contribution in [0.2, 0.25) is 10.0 Å². The van der Waals surface area contributed by atoms with Gasteiger partial charge in [-0.2, -0.15) is 0 Å². The predicted octanol–water partition coefficient (Wildman–Crippen LogP) is 4.63. The van der Waals surface area contributed by atoms with Crippen LogP contribution in [0.5, 0.6) is 11.8 Å². The molecule has 0 unspecified atom stereocenters. The van der Waals surface area contributed by atoms with Gasteiger partial charge in [0.2, 0.25) is 11.8 Å². The van der Waals surface area contributed by atoms with Crippen LogP contribution in [0.4, 0.5) is 0 Å². The molecule has 0 bridgehead atoms. The van der Waals surface area contributed by atoms with Crippen molar-refractivity contribution < 1.29 is 10.2 Å². The van der Waals surface area contributed by atoms with Crippen molar-refractivity contribution in [3.8, 4) is 17.4 Å². The van der Waals surface area contributed by atoms with E-state index in [1.54, 1.807) is 18.2 Å². The van der Waals surface area contributed by atoms with Gasteiger partial charge >= 0.3 is 0 Å². The smallest absolute Gasteiger partial charge is 0.202 e. The van der Waals surface area contributed by atoms with E-state index in [1.165, 1.54) is 15.7 Å². The highest BCUT2D eigenvalue weighted by molar-refractivity contribution is 6.34. The van der Waals surface area contributed by atoms with E-state index >= 15 is 0 Å². The number of halogens is 2. The molecule has 5 heteroatoms. The Hall–Kier alpha value is -1.58. The summed E-state index contributed by atoms with van der Waals surface area (Å²) < 4.78 is 1.40. The lowest BCUT2D eigenvalue weighted by atomic mass is 9.90. The summed E-state index contributed by atoms with van der Waals surface area (Å²) in [5, 5.41) is 21.9. The predicted molar refractivity (Wildman–Crippen MR) is 84.9 cm³/mol. The third-order valence-electron chi connectivity index (χ3n) is 4.05. The molecule has 3 rings (SSSR count). The highest BCUT2D eigenvalue weighted by atomic mass is 35.5. The van der Waals surface area contributed by atoms with Crippen LogP contribution in [0.15, 0.2) is 29.3 Å². The molecule has 2 N–H and O–H groups in total. The van der Waals surface area contributed by atoms with Gasteiger partial charge in [-0.1, -0.05) is 34.3 Å². The molecule has 3 nitrogen and oxygen atoms in total. The number of fused-ring (bicyclic) bond motifs is 1. The molecule has 110 valence electrons. The van der Waals surface area contributed by atoms with Gasteiger partial charge in [0.25, 0.3) is 0 Å². The molecule has 0 atom stereocenters. The molecular formula is C16H15Cl2NO2. The number of benzene rings is 1. The van der Waals surface area contributed by atoms with E-state index in [9.17, 15) is 10.2 Å². The first-order chi connectivity index (χ1) is 9.88. The van der Waals surface area contributed by atoms with Crippen LogP contribution in [0.3, 0.4) is 0 Å². The molecule has 21 heavy (non-hydrogen) atoms. The third-order valence-corrected chi connectivity index (χ3v) is 4.48. The third kappa shape index (κ3) is 2.30. The molecule has 0 spiro atoms. The largest absolute Gasteiger partial charge is 0.494 e. The van der Waals surface area contributed by atoms with Gasteiger partial charge in [-0.15, -0.1) is 0 Å². The van der Waals surface area contributed by atoms with Crippen LogP contribution in [0.25, 0.3) is 5.69 Å². The van der Waals surface area contributed by atoms with Gasteiger partial charge in [-0.3, -0.25) is 4.57 Å². The average Bonchev–Trinajstić information content (AvgIpc) is 2.62. The Morgan fingerprint density at radius 1 is 0.857 bits per heavy atom. The second kappa shape index (κ2) is 5.00. The van der Waals surface area contributed by atoms with Crippen LogP contribution in [0, 0.1) is 0 Å². The highest BCUT2D eigenvalue weighted by Crippen LogP contribution is 2.42. The fourth-order valence-electron chi connectivity index (χ4n) is 2.76. The summed E-state index contributed by atoms with van der Waals surface area (Å²) in [5.74, 6) is 0.0976. The quantitative estimate of drug-likeness (QED) is 0.751. The van der Waals surface area contributed by atoms with Crippen molar-refractivity contribution in [2.45, 2.75) is 26.7 Å². The number of hydrogen-bond donors (Lipinski definition) is 2. The summed E-state index contributed by atoms with van der Waals surface area (Å²) in [6.07, 6.45) is 1.28. The maximum absolute atomic E-state index is 10.5. The normalized spacial score (nSPS) is 14.5. The zero-order chi connectivity index (χ0) is 15.3. The zero-order valence-electron chi connectivity index (χ0n) is 11.7. The van der Waals surface area contributed by atoms with Gasteiger partial charge in [0.15, 0.2) is 0 Å². The Morgan fingerprint density at radius 3 is 1.71 bits per heavy atom. The monoisotopic (exact) mass is 323 g/mol. The van der Waals surface area contributed by atoms with E-state index in [4.69, 9.17) is 23.2 Å². The highest BCUT2D eigenvalue weighted by Gasteiger charge is 2.27. The Bertz CT molecular complexity index is 717. The standard InChI is InChI=1S/C16H15Cl2NO2/c1-8-3-13-14(4-9(8)2)16(21)19(15(13)20)12-6-10(17)5-11(18)7-12/h5-7,20-21H,3-4H2,1-2H3. The Balaban J connectivity index is 2.20. The van der Waals surface area contributed by atoms with Crippen LogP contribution in [-0.4, -0.2) is 14.8 Å². The van der Waals surface area contributed by atoms with Crippen LogP contribution >= 0.6 is 23.2 Å². The minimum atomic E-state index is 0.0488. The van der Waals surface area contributed by atoms with Gasteiger partial charge < -0.3 is 10.2 Å². The molecule has 0 amide bonds. The van der Waals surface area contributed by atoms with E-state index in [0.717, 1.165) is 11.1 Å². The summed E-state index contributed by atoms with van der Waals surface area (Å²) in [6.45, 7) is 4.09. The summed E-state index contributed by atoms with van der Waals surface area (Å²) in [4.78, 5) is 0. The number of aromatic nitrogens is 1. The van der Waals surface area contributed by atoms with Crippen molar-refractivity contribution >= 4 is 23.2 Å². The summed E-state index contributed by atoms with van der Waals surface area (Å²) in [6, 6.07) is 4.93. The van der Waals surface area contributed by atoms with Gasteiger partial charge in [-0.25, -0.2) is 0 Å². The molecule has 1 aromatic heterocycles. The van der Waals surface area contributed by atoms with Gasteiger partial charge in [0, 0.05) is 21.2 Å². The zero-order valence-corrected chi connectivity index (χ0v) is 13.3. The summed E-state index contributed by atoms with van der Waals surface area (Å²) >= 11 is 12.0. The average molecular weight is 324 g/mol. The fourth-order valence-corrected chi connectivity index (χ4v) is 3.27. The number of nitrogens with zero attached hydrogens (tertiary/aromatic N) is 1. The van der Waals surface area contributed by atoms with E-state index in [2.05, 4.69) is 0 Å². The topological polar surface area (TPSA) is 45.4 Å². The molecule has 0 fully saturated rings. The van der Waals surface area contributed by atoms with Crippen LogP contribution in [-0.2, 0) is 12.8 Å². The van der Waals surface area contributed by atoms with Crippen molar-refractivity contribution in [3.63, 3.8) is 0 Å². The molecule has 1 heterocycles. The maximum Gasteiger partial charge on any atom is 0.202 e. The van der Waals surface area contributed by atoms with Crippen molar-refractivity contribution in [2.24, 2.45) is 0 Å². The lowest BCUT2D eigenvalue weighted by Crippen LogP contribution is -2.03. The van der Waals surface area contributed by atoms with Crippen molar-refractivity contribution in [1.82, 2.24) is 4.57 Å². The van der Waals surface area contributed by atoms with Crippen LogP contribution in [0.1, 0.15) is 25.0 Å². The summed E-state index contributed by atoms with van der Waals surface area (Å²) in [5.41, 5.74) is 4.53. The Labute approximate surface area is 133 Å². The van der Waals surface area contributed by atoms with Crippen molar-refractivity contribution in [3.05, 3.63) is 50.5 Å². The minimum Gasteiger partial charge on any atom is -0.494 e. The molecule has 1 aromatic carbocycles. The number of aromatic hydroxyl groups is 2. The number of hydrogen-bond acceptors (Lipinski definition) is 2. The lowest BCUT2D eigenvalue weighted by Gasteiger charge is -2.15. The van der Waals surface area contributed by atoms with Crippen LogP contribution < -0.4 is 0 Å². The Morgan fingerprint density at radius 2 is 1.29 bits per heavy atom. The summed E-state index contributed by atoms with van der Waals surface area (Å²) in [7, 11) is 0. The second-order valence-electron chi connectivity index (χ2n) is 5.48. The SMILES string of the molecule is CC1=C(C)Cc2c(c(O)n(-c3cc(Cl)cc(Cl)c3)c2O)C1. The molecule has 0 radical (unpaired) electrons. The molecular weight excluding hydrogens is 309 g/mol. The second-order valence-corrected chi connectivity index (χ2v) is 6.35. The number of rotatable bonds is 1. The maximum atomic E-state index is 10.5. The molecule has 1 aliphatic rings. The first-order valence-corrected chi connectivity index (χ1v) is 7.40. The molecule has 0 saturated carbocycles. The van der Waals surface area contributed by atoms with Gasteiger partial charge in [-0.05, 0) is 44.9 Å². The lowest BCUT2D eigenvalue weighted by molar-refractivity contribution is 0.399. The minimum absolute atomic E-state index is 0.0488. The molecule has 0 aliphatic heterocycles. The molecule has 2 aromatic rings. The molecule has 0 saturated heterocycles. The van der Waals surface area contributed by atoms with Crippen molar-refractivity contribution in [2.75, 3.05) is 0 Å². The Kier molecular flexibility index (Phi) is 3.42.